The van der Waals surface area contributed by atoms with E-state index in [4.69, 9.17) is 0 Å². The molecule has 0 saturated heterocycles. The van der Waals surface area contributed by atoms with Crippen LogP contribution in [-0.2, 0) is 10.0 Å². The first kappa shape index (κ1) is 20.3. The number of anilines is 2. The van der Waals surface area contributed by atoms with Gasteiger partial charge in [-0.15, -0.1) is 10.2 Å². The van der Waals surface area contributed by atoms with E-state index in [1.54, 1.807) is 48.2 Å². The molecule has 1 aromatic heterocycles. The first-order chi connectivity index (χ1) is 13.4. The summed E-state index contributed by atoms with van der Waals surface area (Å²) in [5, 5.41) is 11.0. The number of aromatic nitrogens is 2. The number of benzene rings is 2. The van der Waals surface area contributed by atoms with Gasteiger partial charge in [0.05, 0.1) is 10.6 Å². The van der Waals surface area contributed by atoms with Gasteiger partial charge in [0.25, 0.3) is 15.9 Å². The van der Waals surface area contributed by atoms with Crippen molar-refractivity contribution < 1.29 is 13.2 Å². The topological polar surface area (TPSA) is 92.3 Å². The fourth-order valence-electron chi connectivity index (χ4n) is 2.34. The Bertz CT molecular complexity index is 1070. The lowest BCUT2D eigenvalue weighted by Crippen LogP contribution is -2.26. The normalized spacial score (nSPS) is 11.2. The third-order valence-corrected chi connectivity index (χ3v) is 7.42. The molecule has 0 aliphatic rings. The van der Waals surface area contributed by atoms with Gasteiger partial charge in [0.15, 0.2) is 4.34 Å². The molecule has 0 bridgehead atoms. The molecule has 0 saturated carbocycles. The van der Waals surface area contributed by atoms with Crippen molar-refractivity contribution in [2.45, 2.75) is 16.2 Å². The van der Waals surface area contributed by atoms with Crippen molar-refractivity contribution in [3.05, 3.63) is 60.2 Å². The number of amides is 1. The van der Waals surface area contributed by atoms with Crippen molar-refractivity contribution in [3.8, 4) is 0 Å². The second kappa shape index (κ2) is 8.72. The van der Waals surface area contributed by atoms with Crippen molar-refractivity contribution in [2.24, 2.45) is 0 Å². The van der Waals surface area contributed by atoms with Gasteiger partial charge in [-0.2, -0.15) is 0 Å². The van der Waals surface area contributed by atoms with Gasteiger partial charge in [-0.1, -0.05) is 54.3 Å². The molecule has 3 aromatic rings. The van der Waals surface area contributed by atoms with Gasteiger partial charge in [-0.05, 0) is 36.1 Å². The van der Waals surface area contributed by atoms with Crippen LogP contribution >= 0.6 is 23.1 Å². The number of carbonyl (C=O) groups excluding carboxylic acids is 1. The Morgan fingerprint density at radius 2 is 1.89 bits per heavy atom. The summed E-state index contributed by atoms with van der Waals surface area (Å²) in [6.07, 6.45) is 0. The zero-order chi connectivity index (χ0) is 20.1. The number of sulfonamides is 1. The van der Waals surface area contributed by atoms with E-state index in [1.807, 2.05) is 6.92 Å². The van der Waals surface area contributed by atoms with E-state index < -0.39 is 10.0 Å². The molecule has 28 heavy (non-hydrogen) atoms. The SMILES string of the molecule is CCSc1nnc(NC(=O)c2cccc(N(C)S(=O)(=O)c3ccccc3)c2)s1. The van der Waals surface area contributed by atoms with Crippen LogP contribution in [0.1, 0.15) is 17.3 Å². The largest absolute Gasteiger partial charge is 0.296 e. The maximum absolute atomic E-state index is 12.8. The molecule has 146 valence electrons. The number of thioether (sulfide) groups is 1. The molecule has 1 heterocycles. The second-order valence-electron chi connectivity index (χ2n) is 5.60. The van der Waals surface area contributed by atoms with Crippen molar-refractivity contribution in [1.29, 1.82) is 0 Å². The molecule has 2 aromatic carbocycles. The average Bonchev–Trinajstić information content (AvgIpc) is 3.15. The maximum Gasteiger partial charge on any atom is 0.264 e. The molecule has 0 atom stereocenters. The summed E-state index contributed by atoms with van der Waals surface area (Å²) < 4.78 is 27.5. The summed E-state index contributed by atoms with van der Waals surface area (Å²) in [7, 11) is -2.26. The summed E-state index contributed by atoms with van der Waals surface area (Å²) in [6, 6.07) is 14.6. The highest BCUT2D eigenvalue weighted by Crippen LogP contribution is 2.26. The minimum Gasteiger partial charge on any atom is -0.296 e. The highest BCUT2D eigenvalue weighted by atomic mass is 32.2. The first-order valence-corrected chi connectivity index (χ1v) is 11.6. The highest BCUT2D eigenvalue weighted by molar-refractivity contribution is 8.01. The van der Waals surface area contributed by atoms with E-state index in [-0.39, 0.29) is 10.8 Å². The molecule has 0 spiro atoms. The number of carbonyl (C=O) groups is 1. The summed E-state index contributed by atoms with van der Waals surface area (Å²) in [5.41, 5.74) is 0.712. The Morgan fingerprint density at radius 1 is 1.14 bits per heavy atom. The van der Waals surface area contributed by atoms with E-state index in [2.05, 4.69) is 15.5 Å². The van der Waals surface area contributed by atoms with Gasteiger partial charge < -0.3 is 0 Å². The van der Waals surface area contributed by atoms with Gasteiger partial charge in [-0.3, -0.25) is 14.4 Å². The minimum absolute atomic E-state index is 0.183. The Morgan fingerprint density at radius 3 is 2.61 bits per heavy atom. The summed E-state index contributed by atoms with van der Waals surface area (Å²) in [5.74, 6) is 0.490. The van der Waals surface area contributed by atoms with E-state index >= 15 is 0 Å². The standard InChI is InChI=1S/C18H18N4O3S3/c1-3-26-18-21-20-17(27-18)19-16(23)13-8-7-9-14(12-13)22(2)28(24,25)15-10-5-4-6-11-15/h4-12H,3H2,1-2H3,(H,19,20,23). The molecule has 0 radical (unpaired) electrons. The van der Waals surface area contributed by atoms with Crippen LogP contribution in [0.3, 0.4) is 0 Å². The van der Waals surface area contributed by atoms with Gasteiger partial charge in [-0.25, -0.2) is 8.42 Å². The minimum atomic E-state index is -3.72. The van der Waals surface area contributed by atoms with Crippen molar-refractivity contribution in [2.75, 3.05) is 22.4 Å². The lowest BCUT2D eigenvalue weighted by Gasteiger charge is -2.20. The number of hydrogen-bond donors (Lipinski definition) is 1. The van der Waals surface area contributed by atoms with Crippen molar-refractivity contribution in [1.82, 2.24) is 10.2 Å². The molecule has 10 heteroatoms. The van der Waals surface area contributed by atoms with E-state index in [0.717, 1.165) is 14.4 Å². The number of rotatable bonds is 7. The Balaban J connectivity index is 1.80. The lowest BCUT2D eigenvalue weighted by atomic mass is 10.2. The van der Waals surface area contributed by atoms with Crippen molar-refractivity contribution >= 4 is 49.8 Å². The number of nitrogens with zero attached hydrogens (tertiary/aromatic N) is 3. The van der Waals surface area contributed by atoms with Crippen LogP contribution in [0.15, 0.2) is 63.8 Å². The molecule has 1 amide bonds. The van der Waals surface area contributed by atoms with E-state index in [0.29, 0.717) is 16.4 Å². The highest BCUT2D eigenvalue weighted by Gasteiger charge is 2.21. The predicted octanol–water partition coefficient (Wildman–Crippen LogP) is 3.73. The molecular formula is C18H18N4O3S3. The third-order valence-electron chi connectivity index (χ3n) is 3.77. The Labute approximate surface area is 171 Å². The van der Waals surface area contributed by atoms with Crippen LogP contribution in [0.5, 0.6) is 0 Å². The van der Waals surface area contributed by atoms with Gasteiger partial charge >= 0.3 is 0 Å². The molecule has 3 rings (SSSR count). The number of hydrogen-bond acceptors (Lipinski definition) is 7. The summed E-state index contributed by atoms with van der Waals surface area (Å²) >= 11 is 2.84. The quantitative estimate of drug-likeness (QED) is 0.450. The lowest BCUT2D eigenvalue weighted by molar-refractivity contribution is 0.102. The molecule has 7 nitrogen and oxygen atoms in total. The van der Waals surface area contributed by atoms with Crippen molar-refractivity contribution in [3.63, 3.8) is 0 Å². The molecule has 0 aliphatic heterocycles. The summed E-state index contributed by atoms with van der Waals surface area (Å²) in [4.78, 5) is 12.7. The number of nitrogens with one attached hydrogen (secondary N) is 1. The van der Waals surface area contributed by atoms with Crippen LogP contribution in [0.25, 0.3) is 0 Å². The monoisotopic (exact) mass is 434 g/mol. The van der Waals surface area contributed by atoms with Crippen LogP contribution in [0.4, 0.5) is 10.8 Å². The third kappa shape index (κ3) is 4.51. The van der Waals surface area contributed by atoms with Crippen LogP contribution < -0.4 is 9.62 Å². The second-order valence-corrected chi connectivity index (χ2v) is 10.1. The fourth-order valence-corrected chi connectivity index (χ4v) is 5.20. The average molecular weight is 435 g/mol. The molecular weight excluding hydrogens is 416 g/mol. The molecule has 1 N–H and O–H groups in total. The van der Waals surface area contributed by atoms with Crippen LogP contribution in [0, 0.1) is 0 Å². The maximum atomic E-state index is 12.8. The fraction of sp³-hybridized carbons (Fsp3) is 0.167. The zero-order valence-electron chi connectivity index (χ0n) is 15.2. The Kier molecular flexibility index (Phi) is 6.32. The molecule has 0 aliphatic carbocycles. The zero-order valence-corrected chi connectivity index (χ0v) is 17.6. The van der Waals surface area contributed by atoms with E-state index in [9.17, 15) is 13.2 Å². The molecule has 0 unspecified atom stereocenters. The van der Waals surface area contributed by atoms with E-state index in [1.165, 1.54) is 36.6 Å². The van der Waals surface area contributed by atoms with Gasteiger partial charge in [0, 0.05) is 12.6 Å². The first-order valence-electron chi connectivity index (χ1n) is 8.33. The summed E-state index contributed by atoms with van der Waals surface area (Å²) in [6.45, 7) is 2.01. The predicted molar refractivity (Wildman–Crippen MR) is 113 cm³/mol. The van der Waals surface area contributed by atoms with Gasteiger partial charge in [0.1, 0.15) is 0 Å². The molecule has 0 fully saturated rings. The van der Waals surface area contributed by atoms with Gasteiger partial charge in [0.2, 0.25) is 5.13 Å². The van der Waals surface area contributed by atoms with Crippen LogP contribution in [-0.4, -0.2) is 37.3 Å². The Hall–Kier alpha value is -2.43. The smallest absolute Gasteiger partial charge is 0.264 e. The van der Waals surface area contributed by atoms with Crippen LogP contribution in [0.2, 0.25) is 0 Å².